The van der Waals surface area contributed by atoms with E-state index in [0.29, 0.717) is 17.9 Å². The van der Waals surface area contributed by atoms with Gasteiger partial charge in [0.15, 0.2) is 5.84 Å². The lowest BCUT2D eigenvalue weighted by molar-refractivity contribution is 0.0782. The van der Waals surface area contributed by atoms with E-state index in [1.165, 1.54) is 12.0 Å². The summed E-state index contributed by atoms with van der Waals surface area (Å²) in [5.41, 5.74) is 6.87. The molecule has 0 heterocycles. The van der Waals surface area contributed by atoms with Gasteiger partial charge in [-0.15, -0.1) is 0 Å². The molecule has 1 aromatic carbocycles. The Morgan fingerprint density at radius 2 is 2.21 bits per heavy atom. The molecule has 1 rings (SSSR count). The van der Waals surface area contributed by atoms with E-state index in [4.69, 9.17) is 15.7 Å². The lowest BCUT2D eigenvalue weighted by Crippen LogP contribution is -2.38. The largest absolute Gasteiger partial charge is 0.496 e. The first-order chi connectivity index (χ1) is 9.03. The van der Waals surface area contributed by atoms with Crippen molar-refractivity contribution in [2.45, 2.75) is 13.8 Å². The molecule has 0 aliphatic heterocycles. The molecular formula is C13H19N3O3. The maximum Gasteiger partial charge on any atom is 0.258 e. The predicted molar refractivity (Wildman–Crippen MR) is 72.7 cm³/mol. The number of nitrogens with two attached hydrogens (primary N) is 1. The van der Waals surface area contributed by atoms with Gasteiger partial charge >= 0.3 is 0 Å². The van der Waals surface area contributed by atoms with Gasteiger partial charge in [0.2, 0.25) is 0 Å². The number of carbonyl (C=O) groups excluding carboxylic acids is 1. The summed E-state index contributed by atoms with van der Waals surface area (Å²) in [6, 6.07) is 5.38. The molecule has 6 nitrogen and oxygen atoms in total. The van der Waals surface area contributed by atoms with Gasteiger partial charge in [-0.05, 0) is 26.0 Å². The summed E-state index contributed by atoms with van der Waals surface area (Å²) in [5.74, 6) is 0.282. The van der Waals surface area contributed by atoms with E-state index < -0.39 is 0 Å². The fraction of sp³-hybridized carbons (Fsp3) is 0.385. The lowest BCUT2D eigenvalue weighted by atomic mass is 10.1. The minimum atomic E-state index is -0.213. The number of ether oxygens (including phenoxy) is 1. The Labute approximate surface area is 112 Å². The summed E-state index contributed by atoms with van der Waals surface area (Å²) >= 11 is 0. The zero-order chi connectivity index (χ0) is 14.4. The summed E-state index contributed by atoms with van der Waals surface area (Å²) in [4.78, 5) is 13.9. The molecule has 1 amide bonds. The molecule has 0 atom stereocenters. The molecule has 0 saturated carbocycles. The van der Waals surface area contributed by atoms with Crippen LogP contribution in [0.25, 0.3) is 0 Å². The molecule has 19 heavy (non-hydrogen) atoms. The minimum Gasteiger partial charge on any atom is -0.496 e. The van der Waals surface area contributed by atoms with Crippen LogP contribution in [0.2, 0.25) is 0 Å². The highest BCUT2D eigenvalue weighted by molar-refractivity contribution is 5.99. The van der Waals surface area contributed by atoms with E-state index in [1.807, 2.05) is 19.9 Å². The first-order valence-corrected chi connectivity index (χ1v) is 5.93. The first-order valence-electron chi connectivity index (χ1n) is 5.93. The van der Waals surface area contributed by atoms with Gasteiger partial charge in [-0.25, -0.2) is 0 Å². The number of hydrogen-bond acceptors (Lipinski definition) is 4. The first kappa shape index (κ1) is 14.8. The van der Waals surface area contributed by atoms with Crippen LogP contribution in [0, 0.1) is 6.92 Å². The van der Waals surface area contributed by atoms with Gasteiger partial charge in [-0.2, -0.15) is 0 Å². The minimum absolute atomic E-state index is 0.0122. The third-order valence-corrected chi connectivity index (χ3v) is 2.74. The normalized spacial score (nSPS) is 11.2. The Balaban J connectivity index is 3.06. The van der Waals surface area contributed by atoms with E-state index in [1.54, 1.807) is 12.1 Å². The molecule has 0 aliphatic rings. The van der Waals surface area contributed by atoms with Crippen LogP contribution in [-0.4, -0.2) is 42.0 Å². The van der Waals surface area contributed by atoms with Crippen LogP contribution >= 0.6 is 0 Å². The van der Waals surface area contributed by atoms with Gasteiger partial charge in [0.25, 0.3) is 5.91 Å². The van der Waals surface area contributed by atoms with E-state index in [9.17, 15) is 4.79 Å². The summed E-state index contributed by atoms with van der Waals surface area (Å²) in [5, 5.41) is 11.5. The number of amidine groups is 1. The van der Waals surface area contributed by atoms with Crippen molar-refractivity contribution in [3.05, 3.63) is 29.3 Å². The number of rotatable bonds is 5. The number of oxime groups is 1. The van der Waals surface area contributed by atoms with Crippen LogP contribution in [-0.2, 0) is 0 Å². The third-order valence-electron chi connectivity index (χ3n) is 2.74. The maximum absolute atomic E-state index is 12.4. The number of nitrogens with zero attached hydrogens (tertiary/aromatic N) is 2. The van der Waals surface area contributed by atoms with Crippen molar-refractivity contribution in [3.8, 4) is 5.75 Å². The van der Waals surface area contributed by atoms with Crippen molar-refractivity contribution in [2.75, 3.05) is 20.2 Å². The van der Waals surface area contributed by atoms with Gasteiger partial charge < -0.3 is 20.6 Å². The Morgan fingerprint density at radius 1 is 1.53 bits per heavy atom. The molecule has 0 radical (unpaired) electrons. The van der Waals surface area contributed by atoms with Crippen molar-refractivity contribution < 1.29 is 14.7 Å². The van der Waals surface area contributed by atoms with Crippen molar-refractivity contribution in [1.82, 2.24) is 4.90 Å². The SMILES string of the molecule is CCN(CC(N)=NO)C(=O)c1cc(C)ccc1OC. The Bertz CT molecular complexity index is 486. The van der Waals surface area contributed by atoms with Crippen LogP contribution in [0.1, 0.15) is 22.8 Å². The summed E-state index contributed by atoms with van der Waals surface area (Å²) in [7, 11) is 1.52. The van der Waals surface area contributed by atoms with Crippen molar-refractivity contribution >= 4 is 11.7 Å². The molecule has 104 valence electrons. The van der Waals surface area contributed by atoms with Crippen molar-refractivity contribution in [3.63, 3.8) is 0 Å². The molecular weight excluding hydrogens is 246 g/mol. The average molecular weight is 265 g/mol. The lowest BCUT2D eigenvalue weighted by Gasteiger charge is -2.21. The number of amides is 1. The molecule has 3 N–H and O–H groups in total. The fourth-order valence-electron chi connectivity index (χ4n) is 1.71. The second-order valence-corrected chi connectivity index (χ2v) is 4.11. The Kier molecular flexibility index (Phi) is 5.17. The predicted octanol–water partition coefficient (Wildman–Crippen LogP) is 1.21. The van der Waals surface area contributed by atoms with E-state index in [0.717, 1.165) is 5.56 Å². The molecule has 0 bridgehead atoms. The van der Waals surface area contributed by atoms with Gasteiger partial charge in [-0.1, -0.05) is 16.8 Å². The number of carbonyl (C=O) groups is 1. The van der Waals surface area contributed by atoms with Crippen LogP contribution < -0.4 is 10.5 Å². The smallest absolute Gasteiger partial charge is 0.258 e. The van der Waals surface area contributed by atoms with Gasteiger partial charge in [0.1, 0.15) is 5.75 Å². The molecule has 0 saturated heterocycles. The maximum atomic E-state index is 12.4. The summed E-state index contributed by atoms with van der Waals surface area (Å²) < 4.78 is 5.19. The summed E-state index contributed by atoms with van der Waals surface area (Å²) in [6.07, 6.45) is 0. The van der Waals surface area contributed by atoms with Crippen LogP contribution in [0.3, 0.4) is 0 Å². The Hall–Kier alpha value is -2.24. The number of methoxy groups -OCH3 is 1. The standard InChI is InChI=1S/C13H19N3O3/c1-4-16(8-12(14)15-18)13(17)10-7-9(2)5-6-11(10)19-3/h5-7,18H,4,8H2,1-3H3,(H2,14,15). The summed E-state index contributed by atoms with van der Waals surface area (Å²) in [6.45, 7) is 4.25. The van der Waals surface area contributed by atoms with E-state index in [2.05, 4.69) is 5.16 Å². The topological polar surface area (TPSA) is 88.1 Å². The van der Waals surface area contributed by atoms with Gasteiger partial charge in [-0.3, -0.25) is 4.79 Å². The zero-order valence-corrected chi connectivity index (χ0v) is 11.4. The molecule has 0 aliphatic carbocycles. The molecule has 0 aromatic heterocycles. The highest BCUT2D eigenvalue weighted by atomic mass is 16.5. The van der Waals surface area contributed by atoms with E-state index >= 15 is 0 Å². The molecule has 1 aromatic rings. The number of benzene rings is 1. The van der Waals surface area contributed by atoms with E-state index in [-0.39, 0.29) is 18.3 Å². The monoisotopic (exact) mass is 265 g/mol. The zero-order valence-electron chi connectivity index (χ0n) is 11.4. The number of aryl methyl sites for hydroxylation is 1. The molecule has 0 unspecified atom stereocenters. The third kappa shape index (κ3) is 3.61. The number of likely N-dealkylation sites (N-methyl/N-ethyl adjacent to an activating group) is 1. The highest BCUT2D eigenvalue weighted by Crippen LogP contribution is 2.21. The van der Waals surface area contributed by atoms with Crippen LogP contribution in [0.5, 0.6) is 5.75 Å². The second kappa shape index (κ2) is 6.63. The Morgan fingerprint density at radius 3 is 2.74 bits per heavy atom. The quantitative estimate of drug-likeness (QED) is 0.362. The molecule has 0 fully saturated rings. The van der Waals surface area contributed by atoms with Crippen LogP contribution in [0.15, 0.2) is 23.4 Å². The van der Waals surface area contributed by atoms with Gasteiger partial charge in [0, 0.05) is 6.54 Å². The average Bonchev–Trinajstić information content (AvgIpc) is 2.43. The number of hydrogen-bond donors (Lipinski definition) is 2. The molecule has 6 heteroatoms. The second-order valence-electron chi connectivity index (χ2n) is 4.11. The highest BCUT2D eigenvalue weighted by Gasteiger charge is 2.19. The van der Waals surface area contributed by atoms with Crippen LogP contribution in [0.4, 0.5) is 0 Å². The van der Waals surface area contributed by atoms with Crippen molar-refractivity contribution in [1.29, 1.82) is 0 Å². The molecule has 0 spiro atoms. The van der Waals surface area contributed by atoms with Crippen molar-refractivity contribution in [2.24, 2.45) is 10.9 Å². The fourth-order valence-corrected chi connectivity index (χ4v) is 1.71. The van der Waals surface area contributed by atoms with Gasteiger partial charge in [0.05, 0.1) is 19.2 Å².